The van der Waals surface area contributed by atoms with Gasteiger partial charge in [0, 0.05) is 16.5 Å². The summed E-state index contributed by atoms with van der Waals surface area (Å²) in [5.41, 5.74) is 2.87. The number of carbonyl (C=O) groups is 2. The van der Waals surface area contributed by atoms with Crippen molar-refractivity contribution in [2.45, 2.75) is 0 Å². The normalized spacial score (nSPS) is 12.3. The average molecular weight is 506 g/mol. The lowest BCUT2D eigenvalue weighted by Crippen LogP contribution is -2.17. The van der Waals surface area contributed by atoms with E-state index in [0.29, 0.717) is 52.4 Å². The Kier molecular flexibility index (Phi) is 6.09. The van der Waals surface area contributed by atoms with Gasteiger partial charge in [0.25, 0.3) is 0 Å². The number of methoxy groups -OCH3 is 1. The first-order valence-corrected chi connectivity index (χ1v) is 12.2. The summed E-state index contributed by atoms with van der Waals surface area (Å²) < 4.78 is 21.9. The minimum absolute atomic E-state index is 0.334. The van der Waals surface area contributed by atoms with Crippen LogP contribution in [0.1, 0.15) is 20.7 Å². The average Bonchev–Trinajstić information content (AvgIpc) is 2.98. The van der Waals surface area contributed by atoms with Gasteiger partial charge < -0.3 is 18.9 Å². The number of carbonyl (C=O) groups excluding carboxylic acids is 2. The second-order valence-corrected chi connectivity index (χ2v) is 8.86. The summed E-state index contributed by atoms with van der Waals surface area (Å²) in [6.07, 6.45) is 0. The molecule has 0 unspecified atom stereocenters. The first-order valence-electron chi connectivity index (χ1n) is 12.2. The Hall–Kier alpha value is -4.91. The van der Waals surface area contributed by atoms with Crippen LogP contribution in [0.5, 0.6) is 17.2 Å². The molecule has 5 aromatic rings. The summed E-state index contributed by atoms with van der Waals surface area (Å²) in [5.74, 6) is 0.950. The molecule has 188 valence electrons. The molecule has 0 N–H and O–H groups in total. The Morgan fingerprint density at radius 3 is 2.50 bits per heavy atom. The molecule has 1 aliphatic rings. The third-order valence-electron chi connectivity index (χ3n) is 6.48. The minimum Gasteiger partial charge on any atom is -0.497 e. The Bertz CT molecular complexity index is 1710. The van der Waals surface area contributed by atoms with Gasteiger partial charge in [-0.3, -0.25) is 4.79 Å². The third-order valence-corrected chi connectivity index (χ3v) is 6.48. The number of Topliss-reactive ketones (excluding diaryl/α,β-unsaturated/α-hetero) is 1. The fourth-order valence-electron chi connectivity index (χ4n) is 4.51. The van der Waals surface area contributed by atoms with E-state index in [1.807, 2.05) is 60.7 Å². The van der Waals surface area contributed by atoms with Gasteiger partial charge in [-0.25, -0.2) is 9.78 Å². The fourth-order valence-corrected chi connectivity index (χ4v) is 4.51. The molecular formula is C31H23NO6. The molecule has 4 aromatic carbocycles. The quantitative estimate of drug-likeness (QED) is 0.211. The standard InChI is InChI=1S/C31H23NO6/c1-35-23-10-8-19-14-21(7-6-20(19)15-23)27-17-25(24-4-2-3-5-26(24)32-27)31(34)38-18-28(33)22-9-11-29-30(16-22)37-13-12-36-29/h2-11,14-17H,12-13,18H2,1H3. The van der Waals surface area contributed by atoms with Crippen molar-refractivity contribution in [3.8, 4) is 28.5 Å². The fraction of sp³-hybridized carbons (Fsp3) is 0.129. The molecule has 0 saturated heterocycles. The van der Waals surface area contributed by atoms with Gasteiger partial charge in [-0.1, -0.05) is 36.4 Å². The zero-order chi connectivity index (χ0) is 26.1. The van der Waals surface area contributed by atoms with Crippen LogP contribution in [0.3, 0.4) is 0 Å². The van der Waals surface area contributed by atoms with E-state index >= 15 is 0 Å². The van der Waals surface area contributed by atoms with E-state index in [9.17, 15) is 9.59 Å². The van der Waals surface area contributed by atoms with Gasteiger partial charge in [0.15, 0.2) is 23.9 Å². The van der Waals surface area contributed by atoms with E-state index in [4.69, 9.17) is 23.9 Å². The first-order chi connectivity index (χ1) is 18.6. The number of ether oxygens (including phenoxy) is 4. The van der Waals surface area contributed by atoms with E-state index in [2.05, 4.69) is 0 Å². The topological polar surface area (TPSA) is 84.0 Å². The highest BCUT2D eigenvalue weighted by molar-refractivity contribution is 6.06. The number of para-hydroxylation sites is 1. The summed E-state index contributed by atoms with van der Waals surface area (Å²) >= 11 is 0. The molecule has 0 spiro atoms. The van der Waals surface area contributed by atoms with Crippen molar-refractivity contribution in [1.29, 1.82) is 0 Å². The van der Waals surface area contributed by atoms with E-state index in [0.717, 1.165) is 22.1 Å². The number of ketones is 1. The summed E-state index contributed by atoms with van der Waals surface area (Å²) in [6, 6.07) is 25.8. The molecule has 2 heterocycles. The van der Waals surface area contributed by atoms with E-state index in [1.165, 1.54) is 0 Å². The van der Waals surface area contributed by atoms with Crippen LogP contribution < -0.4 is 14.2 Å². The lowest BCUT2D eigenvalue weighted by molar-refractivity contribution is 0.0476. The van der Waals surface area contributed by atoms with Crippen molar-refractivity contribution < 1.29 is 28.5 Å². The van der Waals surface area contributed by atoms with Crippen molar-refractivity contribution >= 4 is 33.4 Å². The maximum Gasteiger partial charge on any atom is 0.339 e. The summed E-state index contributed by atoms with van der Waals surface area (Å²) in [6.45, 7) is 0.485. The molecule has 0 amide bonds. The predicted octanol–water partition coefficient (Wildman–Crippen LogP) is 5.87. The summed E-state index contributed by atoms with van der Waals surface area (Å²) in [7, 11) is 1.64. The van der Waals surface area contributed by atoms with Crippen molar-refractivity contribution in [2.75, 3.05) is 26.9 Å². The van der Waals surface area contributed by atoms with Crippen molar-refractivity contribution in [1.82, 2.24) is 4.98 Å². The molecule has 38 heavy (non-hydrogen) atoms. The molecule has 0 aliphatic carbocycles. The highest BCUT2D eigenvalue weighted by Gasteiger charge is 2.19. The molecule has 0 atom stereocenters. The van der Waals surface area contributed by atoms with Crippen LogP contribution >= 0.6 is 0 Å². The van der Waals surface area contributed by atoms with Crippen LogP contribution in [0.2, 0.25) is 0 Å². The number of rotatable bonds is 6. The van der Waals surface area contributed by atoms with Gasteiger partial charge in [0.1, 0.15) is 19.0 Å². The molecular weight excluding hydrogens is 482 g/mol. The zero-order valence-corrected chi connectivity index (χ0v) is 20.6. The van der Waals surface area contributed by atoms with Gasteiger partial charge in [0.05, 0.1) is 23.9 Å². The smallest absolute Gasteiger partial charge is 0.339 e. The molecule has 0 saturated carbocycles. The maximum atomic E-state index is 13.2. The number of hydrogen-bond donors (Lipinski definition) is 0. The van der Waals surface area contributed by atoms with Gasteiger partial charge in [-0.15, -0.1) is 0 Å². The van der Waals surface area contributed by atoms with Crippen LogP contribution in [0.4, 0.5) is 0 Å². The van der Waals surface area contributed by atoms with Crippen LogP contribution in [0.15, 0.2) is 84.9 Å². The molecule has 0 fully saturated rings. The second-order valence-electron chi connectivity index (χ2n) is 8.86. The molecule has 7 nitrogen and oxygen atoms in total. The number of benzene rings is 4. The molecule has 1 aliphatic heterocycles. The van der Waals surface area contributed by atoms with Crippen molar-refractivity contribution in [3.63, 3.8) is 0 Å². The Morgan fingerprint density at radius 2 is 1.63 bits per heavy atom. The van der Waals surface area contributed by atoms with Gasteiger partial charge >= 0.3 is 5.97 Å². The van der Waals surface area contributed by atoms with E-state index < -0.39 is 12.6 Å². The van der Waals surface area contributed by atoms with E-state index in [-0.39, 0.29) is 5.78 Å². The third kappa shape index (κ3) is 4.50. The Labute approximate surface area is 218 Å². The zero-order valence-electron chi connectivity index (χ0n) is 20.6. The summed E-state index contributed by atoms with van der Waals surface area (Å²) in [4.78, 5) is 30.8. The number of nitrogens with zero attached hydrogens (tertiary/aromatic N) is 1. The van der Waals surface area contributed by atoms with Crippen LogP contribution in [0.25, 0.3) is 32.9 Å². The molecule has 7 heteroatoms. The van der Waals surface area contributed by atoms with Gasteiger partial charge in [-0.2, -0.15) is 0 Å². The highest BCUT2D eigenvalue weighted by atomic mass is 16.6. The number of pyridine rings is 1. The largest absolute Gasteiger partial charge is 0.497 e. The number of aromatic nitrogens is 1. The van der Waals surface area contributed by atoms with Crippen molar-refractivity contribution in [3.05, 3.63) is 96.1 Å². The Balaban J connectivity index is 1.28. The number of hydrogen-bond acceptors (Lipinski definition) is 7. The SMILES string of the molecule is COc1ccc2cc(-c3cc(C(=O)OCC(=O)c4ccc5c(c4)OCCO5)c4ccccc4n3)ccc2c1. The predicted molar refractivity (Wildman–Crippen MR) is 143 cm³/mol. The number of fused-ring (bicyclic) bond motifs is 3. The maximum absolute atomic E-state index is 13.2. The van der Waals surface area contributed by atoms with Crippen LogP contribution in [-0.2, 0) is 4.74 Å². The molecule has 0 bridgehead atoms. The minimum atomic E-state index is -0.596. The van der Waals surface area contributed by atoms with Gasteiger partial charge in [-0.05, 0) is 59.3 Å². The van der Waals surface area contributed by atoms with Gasteiger partial charge in [0.2, 0.25) is 0 Å². The number of esters is 1. The monoisotopic (exact) mass is 505 g/mol. The van der Waals surface area contributed by atoms with Crippen LogP contribution in [0, 0.1) is 0 Å². The summed E-state index contributed by atoms with van der Waals surface area (Å²) in [5, 5.41) is 2.71. The lowest BCUT2D eigenvalue weighted by Gasteiger charge is -2.18. The van der Waals surface area contributed by atoms with Crippen molar-refractivity contribution in [2.24, 2.45) is 0 Å². The second kappa shape index (κ2) is 9.86. The van der Waals surface area contributed by atoms with Crippen LogP contribution in [-0.4, -0.2) is 43.7 Å². The molecule has 0 radical (unpaired) electrons. The Morgan fingerprint density at radius 1 is 0.842 bits per heavy atom. The first kappa shape index (κ1) is 23.5. The molecule has 1 aromatic heterocycles. The molecule has 6 rings (SSSR count). The highest BCUT2D eigenvalue weighted by Crippen LogP contribution is 2.32. The van der Waals surface area contributed by atoms with E-state index in [1.54, 1.807) is 31.4 Å². The lowest BCUT2D eigenvalue weighted by atomic mass is 10.0.